The zero-order valence-corrected chi connectivity index (χ0v) is 7.31. The van der Waals surface area contributed by atoms with Crippen LogP contribution in [0.5, 0.6) is 0 Å². The molecule has 2 nitrogen and oxygen atoms in total. The Hall–Kier alpha value is -1.23. The van der Waals surface area contributed by atoms with E-state index in [4.69, 9.17) is 11.0 Å². The van der Waals surface area contributed by atoms with E-state index in [9.17, 15) is 0 Å². The Balaban J connectivity index is 4.73. The molecule has 0 spiro atoms. The van der Waals surface area contributed by atoms with E-state index in [1.807, 2.05) is 19.9 Å². The maximum absolute atomic E-state index is 8.67. The molecule has 0 atom stereocenters. The third-order valence-corrected chi connectivity index (χ3v) is 1.52. The Morgan fingerprint density at radius 2 is 2.00 bits per heavy atom. The standard InChI is InChI=1S/C9H14N2/c1-6(2)7(3)9(5-10)8(4)11/h6H,3,11H2,1-2,4H3/b9-8+. The lowest BCUT2D eigenvalue weighted by Crippen LogP contribution is -2.02. The fourth-order valence-electron chi connectivity index (χ4n) is 0.702. The maximum Gasteiger partial charge on any atom is 0.101 e. The monoisotopic (exact) mass is 150 g/mol. The van der Waals surface area contributed by atoms with Crippen LogP contribution in [0.2, 0.25) is 0 Å². The third kappa shape index (κ3) is 2.46. The van der Waals surface area contributed by atoms with Crippen LogP contribution in [0.15, 0.2) is 23.4 Å². The van der Waals surface area contributed by atoms with Gasteiger partial charge in [-0.3, -0.25) is 0 Å². The molecule has 0 aromatic heterocycles. The first-order valence-corrected chi connectivity index (χ1v) is 3.56. The van der Waals surface area contributed by atoms with E-state index in [0.717, 1.165) is 5.57 Å². The molecule has 0 heterocycles. The molecular formula is C9H14N2. The summed E-state index contributed by atoms with van der Waals surface area (Å²) in [4.78, 5) is 0. The van der Waals surface area contributed by atoms with Gasteiger partial charge in [0, 0.05) is 5.70 Å². The molecule has 0 rings (SSSR count). The lowest BCUT2D eigenvalue weighted by atomic mass is 9.97. The van der Waals surface area contributed by atoms with Crippen LogP contribution in [-0.2, 0) is 0 Å². The molecule has 0 aromatic rings. The number of rotatable bonds is 2. The molecule has 0 saturated carbocycles. The minimum Gasteiger partial charge on any atom is -0.401 e. The molecule has 0 amide bonds. The number of hydrogen-bond acceptors (Lipinski definition) is 2. The number of nitriles is 1. The molecule has 0 aromatic carbocycles. The Bertz CT molecular complexity index is 224. The van der Waals surface area contributed by atoms with Crippen LogP contribution < -0.4 is 5.73 Å². The Morgan fingerprint density at radius 3 is 2.09 bits per heavy atom. The summed E-state index contributed by atoms with van der Waals surface area (Å²) < 4.78 is 0. The van der Waals surface area contributed by atoms with Gasteiger partial charge < -0.3 is 5.73 Å². The van der Waals surface area contributed by atoms with E-state index in [1.54, 1.807) is 6.92 Å². The lowest BCUT2D eigenvalue weighted by Gasteiger charge is -2.08. The summed E-state index contributed by atoms with van der Waals surface area (Å²) in [7, 11) is 0. The molecule has 60 valence electrons. The van der Waals surface area contributed by atoms with Gasteiger partial charge in [-0.1, -0.05) is 20.4 Å². The molecule has 2 N–H and O–H groups in total. The van der Waals surface area contributed by atoms with Crippen LogP contribution in [-0.4, -0.2) is 0 Å². The largest absolute Gasteiger partial charge is 0.401 e. The molecule has 0 bridgehead atoms. The van der Waals surface area contributed by atoms with Crippen molar-refractivity contribution in [1.82, 2.24) is 0 Å². The first-order valence-electron chi connectivity index (χ1n) is 3.56. The fraction of sp³-hybridized carbons (Fsp3) is 0.444. The molecule has 0 aliphatic rings. The predicted octanol–water partition coefficient (Wildman–Crippen LogP) is 1.95. The molecule has 0 saturated heterocycles. The molecule has 0 unspecified atom stereocenters. The van der Waals surface area contributed by atoms with E-state index in [-0.39, 0.29) is 5.92 Å². The zero-order chi connectivity index (χ0) is 9.02. The second-order valence-corrected chi connectivity index (χ2v) is 2.85. The van der Waals surface area contributed by atoms with Crippen LogP contribution in [0, 0.1) is 17.2 Å². The van der Waals surface area contributed by atoms with E-state index in [1.165, 1.54) is 0 Å². The van der Waals surface area contributed by atoms with Gasteiger partial charge in [0.05, 0.1) is 5.57 Å². The number of hydrogen-bond donors (Lipinski definition) is 1. The van der Waals surface area contributed by atoms with Crippen molar-refractivity contribution in [3.63, 3.8) is 0 Å². The smallest absolute Gasteiger partial charge is 0.101 e. The molecule has 0 aliphatic carbocycles. The van der Waals surface area contributed by atoms with Gasteiger partial charge in [0.25, 0.3) is 0 Å². The SMILES string of the molecule is C=C(/C(C#N)=C(\C)N)C(C)C. The topological polar surface area (TPSA) is 49.8 Å². The number of allylic oxidation sites excluding steroid dienone is 3. The minimum atomic E-state index is 0.281. The van der Waals surface area contributed by atoms with E-state index >= 15 is 0 Å². The summed E-state index contributed by atoms with van der Waals surface area (Å²) in [6.07, 6.45) is 0. The van der Waals surface area contributed by atoms with Crippen molar-refractivity contribution in [2.45, 2.75) is 20.8 Å². The Kier molecular flexibility index (Phi) is 3.39. The highest BCUT2D eigenvalue weighted by Gasteiger charge is 2.07. The van der Waals surface area contributed by atoms with Crippen molar-refractivity contribution < 1.29 is 0 Å². The van der Waals surface area contributed by atoms with Gasteiger partial charge in [-0.15, -0.1) is 0 Å². The summed E-state index contributed by atoms with van der Waals surface area (Å²) in [5.74, 6) is 0.281. The summed E-state index contributed by atoms with van der Waals surface area (Å²) in [5, 5.41) is 8.67. The van der Waals surface area contributed by atoms with E-state index in [2.05, 4.69) is 6.58 Å². The van der Waals surface area contributed by atoms with Gasteiger partial charge in [0.2, 0.25) is 0 Å². The number of nitrogens with two attached hydrogens (primary N) is 1. The average Bonchev–Trinajstić information content (AvgIpc) is 1.88. The van der Waals surface area contributed by atoms with Crippen molar-refractivity contribution in [3.05, 3.63) is 23.4 Å². The van der Waals surface area contributed by atoms with Crippen molar-refractivity contribution in [2.24, 2.45) is 11.7 Å². The predicted molar refractivity (Wildman–Crippen MR) is 46.5 cm³/mol. The molecule has 2 heteroatoms. The summed E-state index contributed by atoms with van der Waals surface area (Å²) in [6, 6.07) is 2.04. The minimum absolute atomic E-state index is 0.281. The zero-order valence-electron chi connectivity index (χ0n) is 7.31. The van der Waals surface area contributed by atoms with E-state index < -0.39 is 0 Å². The highest BCUT2D eigenvalue weighted by atomic mass is 14.6. The lowest BCUT2D eigenvalue weighted by molar-refractivity contribution is 0.784. The summed E-state index contributed by atoms with van der Waals surface area (Å²) in [6.45, 7) is 9.48. The van der Waals surface area contributed by atoms with Crippen LogP contribution in [0.1, 0.15) is 20.8 Å². The van der Waals surface area contributed by atoms with Gasteiger partial charge in [-0.25, -0.2) is 0 Å². The molecule has 11 heavy (non-hydrogen) atoms. The first-order chi connectivity index (χ1) is 5.00. The van der Waals surface area contributed by atoms with Gasteiger partial charge >= 0.3 is 0 Å². The molecule has 0 radical (unpaired) electrons. The third-order valence-electron chi connectivity index (χ3n) is 1.52. The Labute approximate surface area is 68.0 Å². The average molecular weight is 150 g/mol. The Morgan fingerprint density at radius 1 is 1.55 bits per heavy atom. The highest BCUT2D eigenvalue weighted by molar-refractivity contribution is 5.43. The van der Waals surface area contributed by atoms with Crippen molar-refractivity contribution in [1.29, 1.82) is 5.26 Å². The normalized spacial score (nSPS) is 12.3. The molecule has 0 fully saturated rings. The highest BCUT2D eigenvalue weighted by Crippen LogP contribution is 2.17. The summed E-state index contributed by atoms with van der Waals surface area (Å²) in [5.41, 5.74) is 7.37. The fourth-order valence-corrected chi connectivity index (χ4v) is 0.702. The quantitative estimate of drug-likeness (QED) is 0.483. The maximum atomic E-state index is 8.67. The van der Waals surface area contributed by atoms with Gasteiger partial charge in [-0.05, 0) is 18.4 Å². The van der Waals surface area contributed by atoms with Crippen LogP contribution >= 0.6 is 0 Å². The first kappa shape index (κ1) is 9.77. The van der Waals surface area contributed by atoms with Gasteiger partial charge in [-0.2, -0.15) is 5.26 Å². The number of nitrogens with zero attached hydrogens (tertiary/aromatic N) is 1. The van der Waals surface area contributed by atoms with Gasteiger partial charge in [0.1, 0.15) is 6.07 Å². The van der Waals surface area contributed by atoms with Crippen LogP contribution in [0.3, 0.4) is 0 Å². The second kappa shape index (κ2) is 3.82. The van der Waals surface area contributed by atoms with Crippen LogP contribution in [0.25, 0.3) is 0 Å². The van der Waals surface area contributed by atoms with Crippen LogP contribution in [0.4, 0.5) is 0 Å². The van der Waals surface area contributed by atoms with Gasteiger partial charge in [0.15, 0.2) is 0 Å². The summed E-state index contributed by atoms with van der Waals surface area (Å²) >= 11 is 0. The molecule has 0 aliphatic heterocycles. The van der Waals surface area contributed by atoms with Crippen molar-refractivity contribution in [2.75, 3.05) is 0 Å². The second-order valence-electron chi connectivity index (χ2n) is 2.85. The van der Waals surface area contributed by atoms with E-state index in [0.29, 0.717) is 11.3 Å². The van der Waals surface area contributed by atoms with Crippen molar-refractivity contribution in [3.8, 4) is 6.07 Å². The van der Waals surface area contributed by atoms with Crippen molar-refractivity contribution >= 4 is 0 Å². The molecular weight excluding hydrogens is 136 g/mol.